The molecule has 2 aromatic rings. The number of carboxylic acid groups (broad SMARTS) is 1. The number of rotatable bonds is 3. The molecule has 0 spiro atoms. The minimum absolute atomic E-state index is 0.161. The van der Waals surface area contributed by atoms with Crippen molar-refractivity contribution in [1.82, 2.24) is 19.7 Å². The van der Waals surface area contributed by atoms with E-state index >= 15 is 0 Å². The van der Waals surface area contributed by atoms with Crippen LogP contribution in [0.5, 0.6) is 5.88 Å². The third kappa shape index (κ3) is 1.70. The van der Waals surface area contributed by atoms with E-state index in [1.807, 2.05) is 0 Å². The van der Waals surface area contributed by atoms with Crippen molar-refractivity contribution in [2.45, 2.75) is 0 Å². The van der Waals surface area contributed by atoms with E-state index in [1.54, 1.807) is 18.5 Å². The van der Waals surface area contributed by atoms with Crippen LogP contribution >= 0.6 is 0 Å². The summed E-state index contributed by atoms with van der Waals surface area (Å²) in [6.07, 6.45) is 4.31. The molecule has 0 saturated heterocycles. The van der Waals surface area contributed by atoms with Crippen LogP contribution in [-0.4, -0.2) is 37.9 Å². The Balaban J connectivity index is 2.56. The average molecular weight is 220 g/mol. The van der Waals surface area contributed by atoms with Crippen LogP contribution in [-0.2, 0) is 0 Å². The van der Waals surface area contributed by atoms with Crippen LogP contribution in [0.2, 0.25) is 0 Å². The zero-order valence-corrected chi connectivity index (χ0v) is 8.36. The highest BCUT2D eigenvalue weighted by molar-refractivity contribution is 5.85. The van der Waals surface area contributed by atoms with Gasteiger partial charge in [-0.1, -0.05) is 0 Å². The van der Waals surface area contributed by atoms with Gasteiger partial charge in [0.25, 0.3) is 5.88 Å². The molecule has 7 nitrogen and oxygen atoms in total. The first-order valence-corrected chi connectivity index (χ1v) is 4.36. The van der Waals surface area contributed by atoms with E-state index in [4.69, 9.17) is 9.84 Å². The van der Waals surface area contributed by atoms with Gasteiger partial charge in [-0.25, -0.2) is 19.4 Å². The summed E-state index contributed by atoms with van der Waals surface area (Å²) in [4.78, 5) is 18.5. The first-order chi connectivity index (χ1) is 7.72. The summed E-state index contributed by atoms with van der Waals surface area (Å²) in [6, 6.07) is 1.69. The highest BCUT2D eigenvalue weighted by Gasteiger charge is 2.13. The molecule has 0 saturated carbocycles. The summed E-state index contributed by atoms with van der Waals surface area (Å²) in [7, 11) is 1.43. The summed E-state index contributed by atoms with van der Waals surface area (Å²) in [5.74, 6) is -0.690. The lowest BCUT2D eigenvalue weighted by atomic mass is 10.4. The lowest BCUT2D eigenvalue weighted by molar-refractivity contribution is 0.0689. The van der Waals surface area contributed by atoms with Crippen LogP contribution in [0.25, 0.3) is 5.82 Å². The number of hydrogen-bond acceptors (Lipinski definition) is 5. The lowest BCUT2D eigenvalue weighted by Gasteiger charge is -2.06. The number of aromatic nitrogens is 4. The highest BCUT2D eigenvalue weighted by Crippen LogP contribution is 2.16. The maximum absolute atomic E-state index is 10.7. The molecule has 2 heterocycles. The van der Waals surface area contributed by atoms with Crippen LogP contribution in [0, 0.1) is 0 Å². The van der Waals surface area contributed by atoms with Crippen molar-refractivity contribution < 1.29 is 14.6 Å². The number of hydrogen-bond donors (Lipinski definition) is 1. The summed E-state index contributed by atoms with van der Waals surface area (Å²) < 4.78 is 6.36. The van der Waals surface area contributed by atoms with Gasteiger partial charge in [0, 0.05) is 12.4 Å². The van der Waals surface area contributed by atoms with Gasteiger partial charge < -0.3 is 9.84 Å². The summed E-state index contributed by atoms with van der Waals surface area (Å²) in [5, 5.41) is 12.7. The number of nitrogens with zero attached hydrogens (tertiary/aromatic N) is 4. The van der Waals surface area contributed by atoms with Crippen molar-refractivity contribution >= 4 is 5.97 Å². The molecule has 1 N–H and O–H groups in total. The molecule has 0 aliphatic rings. The van der Waals surface area contributed by atoms with Gasteiger partial charge in [-0.05, 0) is 6.07 Å². The second-order valence-electron chi connectivity index (χ2n) is 2.84. The maximum atomic E-state index is 10.7. The monoisotopic (exact) mass is 220 g/mol. The smallest absolute Gasteiger partial charge is 0.356 e. The van der Waals surface area contributed by atoms with Crippen molar-refractivity contribution in [2.24, 2.45) is 0 Å². The number of carbonyl (C=O) groups is 1. The second kappa shape index (κ2) is 3.97. The summed E-state index contributed by atoms with van der Waals surface area (Å²) in [6.45, 7) is 0. The molecule has 2 aromatic heterocycles. The Labute approximate surface area is 90.3 Å². The lowest BCUT2D eigenvalue weighted by Crippen LogP contribution is -2.09. The quantitative estimate of drug-likeness (QED) is 0.803. The molecule has 2 rings (SSSR count). The minimum atomic E-state index is -1.15. The first kappa shape index (κ1) is 10.1. The Morgan fingerprint density at radius 3 is 2.94 bits per heavy atom. The van der Waals surface area contributed by atoms with Crippen molar-refractivity contribution in [1.29, 1.82) is 0 Å². The van der Waals surface area contributed by atoms with Crippen molar-refractivity contribution in [2.75, 3.05) is 7.11 Å². The largest absolute Gasteiger partial charge is 0.478 e. The molecule has 0 radical (unpaired) electrons. The second-order valence-corrected chi connectivity index (χ2v) is 2.84. The Morgan fingerprint density at radius 1 is 1.56 bits per heavy atom. The summed E-state index contributed by atoms with van der Waals surface area (Å²) >= 11 is 0. The van der Waals surface area contributed by atoms with Gasteiger partial charge in [-0.3, -0.25) is 0 Å². The standard InChI is InChI=1S/C9H8N4O3/c1-16-8-7(13-4-2-3-11-13)12-6(5-10-8)9(14)15/h2-5H,1H3,(H,14,15). The maximum Gasteiger partial charge on any atom is 0.356 e. The molecule has 0 aliphatic heterocycles. The van der Waals surface area contributed by atoms with Crippen LogP contribution in [0.4, 0.5) is 0 Å². The molecular formula is C9H8N4O3. The first-order valence-electron chi connectivity index (χ1n) is 4.36. The number of carboxylic acids is 1. The molecule has 0 aliphatic carbocycles. The Hall–Kier alpha value is -2.44. The molecule has 0 atom stereocenters. The van der Waals surface area contributed by atoms with Gasteiger partial charge in [0.2, 0.25) is 5.82 Å². The topological polar surface area (TPSA) is 90.1 Å². The van der Waals surface area contributed by atoms with E-state index in [-0.39, 0.29) is 17.4 Å². The zero-order valence-electron chi connectivity index (χ0n) is 8.36. The third-order valence-corrected chi connectivity index (χ3v) is 1.86. The van der Waals surface area contributed by atoms with E-state index < -0.39 is 5.97 Å². The van der Waals surface area contributed by atoms with Crippen LogP contribution in [0.1, 0.15) is 10.5 Å². The fraction of sp³-hybridized carbons (Fsp3) is 0.111. The van der Waals surface area contributed by atoms with Gasteiger partial charge >= 0.3 is 5.97 Å². The number of methoxy groups -OCH3 is 1. The Kier molecular flexibility index (Phi) is 2.50. The van der Waals surface area contributed by atoms with Crippen molar-refractivity contribution in [3.05, 3.63) is 30.4 Å². The molecular weight excluding hydrogens is 212 g/mol. The molecule has 16 heavy (non-hydrogen) atoms. The third-order valence-electron chi connectivity index (χ3n) is 1.86. The Morgan fingerprint density at radius 2 is 2.38 bits per heavy atom. The molecule has 0 fully saturated rings. The SMILES string of the molecule is COc1ncc(C(=O)O)nc1-n1cccn1. The summed E-state index contributed by atoms with van der Waals surface area (Å²) in [5.41, 5.74) is -0.161. The van der Waals surface area contributed by atoms with Gasteiger partial charge in [0.05, 0.1) is 13.3 Å². The van der Waals surface area contributed by atoms with Crippen molar-refractivity contribution in [3.63, 3.8) is 0 Å². The van der Waals surface area contributed by atoms with Gasteiger partial charge in [0.15, 0.2) is 5.69 Å². The van der Waals surface area contributed by atoms with Crippen LogP contribution in [0.3, 0.4) is 0 Å². The van der Waals surface area contributed by atoms with E-state index in [1.165, 1.54) is 11.8 Å². The predicted octanol–water partition coefficient (Wildman–Crippen LogP) is 0.369. The average Bonchev–Trinajstić information content (AvgIpc) is 2.81. The predicted molar refractivity (Wildman–Crippen MR) is 52.7 cm³/mol. The molecule has 0 amide bonds. The van der Waals surface area contributed by atoms with E-state index in [0.29, 0.717) is 0 Å². The number of ether oxygens (including phenoxy) is 1. The van der Waals surface area contributed by atoms with E-state index in [0.717, 1.165) is 6.20 Å². The normalized spacial score (nSPS) is 10.1. The van der Waals surface area contributed by atoms with Gasteiger partial charge in [-0.15, -0.1) is 0 Å². The van der Waals surface area contributed by atoms with Crippen LogP contribution < -0.4 is 4.74 Å². The van der Waals surface area contributed by atoms with Gasteiger partial charge in [-0.2, -0.15) is 5.10 Å². The minimum Gasteiger partial charge on any atom is -0.478 e. The van der Waals surface area contributed by atoms with E-state index in [2.05, 4.69) is 15.1 Å². The van der Waals surface area contributed by atoms with Crippen LogP contribution in [0.15, 0.2) is 24.7 Å². The fourth-order valence-electron chi connectivity index (χ4n) is 1.16. The van der Waals surface area contributed by atoms with Crippen molar-refractivity contribution in [3.8, 4) is 11.7 Å². The molecule has 0 aromatic carbocycles. The molecule has 82 valence electrons. The van der Waals surface area contributed by atoms with E-state index in [9.17, 15) is 4.79 Å². The number of aromatic carboxylic acids is 1. The molecule has 7 heteroatoms. The zero-order chi connectivity index (χ0) is 11.5. The van der Waals surface area contributed by atoms with Gasteiger partial charge in [0.1, 0.15) is 0 Å². The molecule has 0 unspecified atom stereocenters. The highest BCUT2D eigenvalue weighted by atomic mass is 16.5. The molecule has 0 bridgehead atoms. The Bertz CT molecular complexity index is 509. The fourth-order valence-corrected chi connectivity index (χ4v) is 1.16.